The normalized spacial score (nSPS) is 38.3. The van der Waals surface area contributed by atoms with Crippen molar-refractivity contribution in [2.75, 3.05) is 27.8 Å². The number of likely N-dealkylation sites (N-methyl/N-ethyl adjacent to an activating group) is 1. The number of ether oxygens (including phenoxy) is 3. The maximum Gasteiger partial charge on any atom is 0.202 e. The second-order valence-electron chi connectivity index (χ2n) is 7.75. The van der Waals surface area contributed by atoms with Crippen LogP contribution in [0.15, 0.2) is 10.5 Å². The summed E-state index contributed by atoms with van der Waals surface area (Å²) in [6.07, 6.45) is 1.86. The van der Waals surface area contributed by atoms with E-state index >= 15 is 0 Å². The number of Topliss-reactive ketones (excluding diaryl/α,β-unsaturated/α-hetero) is 1. The minimum atomic E-state index is -0.454. The van der Waals surface area contributed by atoms with Gasteiger partial charge < -0.3 is 19.1 Å². The second-order valence-corrected chi connectivity index (χ2v) is 8.61. The quantitative estimate of drug-likeness (QED) is 0.752. The molecule has 2 aliphatic heterocycles. The second kappa shape index (κ2) is 5.21. The van der Waals surface area contributed by atoms with Crippen LogP contribution in [0.1, 0.15) is 24.0 Å². The first-order valence-corrected chi connectivity index (χ1v) is 9.65. The molecule has 1 unspecified atom stereocenters. The Kier molecular flexibility index (Phi) is 3.35. The Morgan fingerprint density at radius 3 is 2.92 bits per heavy atom. The van der Waals surface area contributed by atoms with E-state index in [0.29, 0.717) is 17.7 Å². The van der Waals surface area contributed by atoms with Gasteiger partial charge in [-0.15, -0.1) is 0 Å². The van der Waals surface area contributed by atoms with Crippen LogP contribution in [0.4, 0.5) is 0 Å². The third-order valence-electron chi connectivity index (χ3n) is 7.00. The highest BCUT2D eigenvalue weighted by atomic mass is 79.9. The number of methoxy groups -OCH3 is 2. The van der Waals surface area contributed by atoms with Crippen molar-refractivity contribution < 1.29 is 19.0 Å². The first-order valence-electron chi connectivity index (χ1n) is 8.86. The number of hydrogen-bond acceptors (Lipinski definition) is 5. The van der Waals surface area contributed by atoms with Crippen LogP contribution in [0.25, 0.3) is 0 Å². The summed E-state index contributed by atoms with van der Waals surface area (Å²) in [7, 11) is 5.49. The molecular weight excluding hydrogens is 386 g/mol. The van der Waals surface area contributed by atoms with Gasteiger partial charge >= 0.3 is 0 Å². The summed E-state index contributed by atoms with van der Waals surface area (Å²) >= 11 is 3.74. The van der Waals surface area contributed by atoms with E-state index in [1.54, 1.807) is 14.2 Å². The van der Waals surface area contributed by atoms with E-state index in [0.717, 1.165) is 36.0 Å². The van der Waals surface area contributed by atoms with Gasteiger partial charge in [-0.25, -0.2) is 0 Å². The van der Waals surface area contributed by atoms with Crippen LogP contribution < -0.4 is 9.47 Å². The van der Waals surface area contributed by atoms with Gasteiger partial charge in [-0.3, -0.25) is 4.79 Å². The van der Waals surface area contributed by atoms with Crippen LogP contribution in [0.2, 0.25) is 0 Å². The predicted molar refractivity (Wildman–Crippen MR) is 95.4 cm³/mol. The van der Waals surface area contributed by atoms with Crippen LogP contribution in [0.3, 0.4) is 0 Å². The summed E-state index contributed by atoms with van der Waals surface area (Å²) in [6.45, 7) is 0.986. The number of rotatable bonds is 2. The lowest BCUT2D eigenvalue weighted by Gasteiger charge is -2.58. The van der Waals surface area contributed by atoms with Crippen LogP contribution in [-0.2, 0) is 21.4 Å². The van der Waals surface area contributed by atoms with Crippen molar-refractivity contribution in [1.82, 2.24) is 4.90 Å². The first-order chi connectivity index (χ1) is 12.0. The summed E-state index contributed by atoms with van der Waals surface area (Å²) in [5.74, 6) is 1.95. The fourth-order valence-electron chi connectivity index (χ4n) is 5.88. The lowest BCUT2D eigenvalue weighted by molar-refractivity contribution is -0.154. The van der Waals surface area contributed by atoms with E-state index in [1.165, 1.54) is 11.1 Å². The van der Waals surface area contributed by atoms with Crippen molar-refractivity contribution >= 4 is 21.7 Å². The monoisotopic (exact) mass is 407 g/mol. The molecule has 0 aromatic heterocycles. The van der Waals surface area contributed by atoms with Crippen molar-refractivity contribution in [1.29, 1.82) is 0 Å². The smallest absolute Gasteiger partial charge is 0.202 e. The average Bonchev–Trinajstić information content (AvgIpc) is 2.95. The van der Waals surface area contributed by atoms with E-state index in [-0.39, 0.29) is 17.3 Å². The number of carbonyl (C=O) groups excluding carboxylic acids is 1. The zero-order valence-corrected chi connectivity index (χ0v) is 16.3. The molecule has 1 saturated heterocycles. The summed E-state index contributed by atoms with van der Waals surface area (Å²) in [5.41, 5.74) is 2.28. The Labute approximate surface area is 155 Å². The molecule has 0 amide bonds. The maximum absolute atomic E-state index is 13.1. The van der Waals surface area contributed by atoms with Gasteiger partial charge in [0.15, 0.2) is 17.6 Å². The molecular formula is C19H22BrNO4. The third kappa shape index (κ3) is 1.78. The number of ketones is 1. The van der Waals surface area contributed by atoms with Gasteiger partial charge in [0.1, 0.15) is 6.10 Å². The van der Waals surface area contributed by atoms with Gasteiger partial charge in [-0.2, -0.15) is 0 Å². The zero-order chi connectivity index (χ0) is 17.5. The van der Waals surface area contributed by atoms with Crippen molar-refractivity contribution in [2.45, 2.75) is 42.9 Å². The topological polar surface area (TPSA) is 48.0 Å². The van der Waals surface area contributed by atoms with Gasteiger partial charge in [0.2, 0.25) is 5.78 Å². The molecule has 1 aromatic rings. The maximum atomic E-state index is 13.1. The predicted octanol–water partition coefficient (Wildman–Crippen LogP) is 2.32. The molecule has 0 radical (unpaired) electrons. The summed E-state index contributed by atoms with van der Waals surface area (Å²) in [4.78, 5) is 15.6. The van der Waals surface area contributed by atoms with Crippen LogP contribution in [0.5, 0.6) is 11.5 Å². The van der Waals surface area contributed by atoms with Crippen molar-refractivity contribution in [2.24, 2.45) is 5.92 Å². The fraction of sp³-hybridized carbons (Fsp3) is 0.632. The van der Waals surface area contributed by atoms with Gasteiger partial charge in [0, 0.05) is 28.6 Å². The Bertz CT molecular complexity index is 781. The molecule has 2 bridgehead atoms. The van der Waals surface area contributed by atoms with Crippen LogP contribution in [0, 0.1) is 5.92 Å². The standard InChI is InChI=1S/C19H22BrNO4/c1-21-5-4-19-10-7-13(23-2)16(22)18(19)25-17-14(24-3)8-11(20)9(15(17)19)6-12(10)21/h8,10,12-13,18H,4-7H2,1-3H3/t10-,12+,13?,18-,19-/m0/s1. The molecule has 5 rings (SSSR count). The summed E-state index contributed by atoms with van der Waals surface area (Å²) in [6, 6.07) is 2.39. The van der Waals surface area contributed by atoms with Crippen molar-refractivity contribution in [3.8, 4) is 11.5 Å². The minimum Gasteiger partial charge on any atom is -0.493 e. The SMILES string of the molecule is COc1cc(Br)c2c3c1O[C@H]1C(=O)C(OC)C[C@H]4[C@@H](C2)N(C)CC[C@]314. The van der Waals surface area contributed by atoms with E-state index in [4.69, 9.17) is 14.2 Å². The Hall–Kier alpha value is -1.11. The number of likely N-dealkylation sites (tertiary alicyclic amines) is 1. The molecule has 5 atom stereocenters. The molecule has 1 spiro atoms. The molecule has 2 aliphatic carbocycles. The average molecular weight is 408 g/mol. The molecule has 134 valence electrons. The van der Waals surface area contributed by atoms with Gasteiger partial charge in [-0.05, 0) is 50.4 Å². The number of benzene rings is 1. The van der Waals surface area contributed by atoms with E-state index in [1.807, 2.05) is 6.07 Å². The molecule has 0 N–H and O–H groups in total. The molecule has 25 heavy (non-hydrogen) atoms. The van der Waals surface area contributed by atoms with E-state index in [9.17, 15) is 4.79 Å². The number of piperidine rings is 1. The molecule has 1 saturated carbocycles. The molecule has 2 heterocycles. The highest BCUT2D eigenvalue weighted by Gasteiger charge is 2.67. The molecule has 1 aromatic carbocycles. The number of nitrogens with zero attached hydrogens (tertiary/aromatic N) is 1. The third-order valence-corrected chi connectivity index (χ3v) is 7.71. The molecule has 6 heteroatoms. The van der Waals surface area contributed by atoms with E-state index < -0.39 is 6.10 Å². The molecule has 4 aliphatic rings. The number of halogens is 1. The largest absolute Gasteiger partial charge is 0.493 e. The minimum absolute atomic E-state index is 0.0873. The lowest BCUT2D eigenvalue weighted by atomic mass is 9.51. The Balaban J connectivity index is 1.80. The van der Waals surface area contributed by atoms with Gasteiger partial charge in [-0.1, -0.05) is 15.9 Å². The van der Waals surface area contributed by atoms with Crippen molar-refractivity contribution in [3.63, 3.8) is 0 Å². The number of hydrogen-bond donors (Lipinski definition) is 0. The first kappa shape index (κ1) is 16.1. The summed E-state index contributed by atoms with van der Waals surface area (Å²) < 4.78 is 18.5. The zero-order valence-electron chi connectivity index (χ0n) is 14.7. The number of carbonyl (C=O) groups is 1. The molecule has 2 fully saturated rings. The van der Waals surface area contributed by atoms with E-state index in [2.05, 4.69) is 27.9 Å². The highest BCUT2D eigenvalue weighted by Crippen LogP contribution is 2.64. The molecule has 5 nitrogen and oxygen atoms in total. The summed E-state index contributed by atoms with van der Waals surface area (Å²) in [5, 5.41) is 0. The lowest BCUT2D eigenvalue weighted by Crippen LogP contribution is -2.68. The highest BCUT2D eigenvalue weighted by molar-refractivity contribution is 9.10. The fourth-order valence-corrected chi connectivity index (χ4v) is 6.44. The van der Waals surface area contributed by atoms with Gasteiger partial charge in [0.25, 0.3) is 0 Å². The Morgan fingerprint density at radius 2 is 2.20 bits per heavy atom. The van der Waals surface area contributed by atoms with Crippen LogP contribution in [-0.4, -0.2) is 56.7 Å². The van der Waals surface area contributed by atoms with Crippen molar-refractivity contribution in [3.05, 3.63) is 21.7 Å². The van der Waals surface area contributed by atoms with Crippen LogP contribution >= 0.6 is 15.9 Å². The van der Waals surface area contributed by atoms with Gasteiger partial charge in [0.05, 0.1) is 7.11 Å². The Morgan fingerprint density at radius 1 is 1.40 bits per heavy atom.